The van der Waals surface area contributed by atoms with Crippen molar-refractivity contribution in [3.8, 4) is 5.75 Å². The summed E-state index contributed by atoms with van der Waals surface area (Å²) in [6.45, 7) is 0. The number of nitrogens with one attached hydrogen (secondary N) is 1. The van der Waals surface area contributed by atoms with Gasteiger partial charge in [-0.2, -0.15) is 0 Å². The number of aromatic hydroxyl groups is 1. The van der Waals surface area contributed by atoms with Crippen LogP contribution in [0.1, 0.15) is 16.1 Å². The molecule has 6 nitrogen and oxygen atoms in total. The van der Waals surface area contributed by atoms with E-state index >= 15 is 0 Å². The second-order valence-electron chi connectivity index (χ2n) is 4.10. The summed E-state index contributed by atoms with van der Waals surface area (Å²) in [6.07, 6.45) is 1.27. The van der Waals surface area contributed by atoms with Crippen LogP contribution in [-0.4, -0.2) is 27.1 Å². The van der Waals surface area contributed by atoms with Gasteiger partial charge in [-0.25, -0.2) is 4.98 Å². The molecule has 0 aliphatic rings. The van der Waals surface area contributed by atoms with Crippen LogP contribution >= 0.6 is 0 Å². The number of pyridine rings is 1. The van der Waals surface area contributed by atoms with Gasteiger partial charge in [0.25, 0.3) is 5.91 Å². The Kier molecular flexibility index (Phi) is 3.95. The minimum Gasteiger partial charge on any atom is -0.505 e. The Balaban J connectivity index is 2.16. The number of carbonyl (C=O) groups is 2. The van der Waals surface area contributed by atoms with Gasteiger partial charge in [0.05, 0.1) is 6.42 Å². The van der Waals surface area contributed by atoms with Crippen molar-refractivity contribution >= 4 is 17.6 Å². The molecule has 1 heterocycles. The van der Waals surface area contributed by atoms with Gasteiger partial charge < -0.3 is 15.5 Å². The molecule has 1 aromatic heterocycles. The van der Waals surface area contributed by atoms with Gasteiger partial charge in [-0.3, -0.25) is 9.59 Å². The minimum absolute atomic E-state index is 0.0869. The lowest BCUT2D eigenvalue weighted by Gasteiger charge is -2.07. The van der Waals surface area contributed by atoms with Crippen LogP contribution in [0.25, 0.3) is 0 Å². The fourth-order valence-corrected chi connectivity index (χ4v) is 1.70. The van der Waals surface area contributed by atoms with E-state index < -0.39 is 11.9 Å². The maximum Gasteiger partial charge on any atom is 0.307 e. The molecule has 0 radical (unpaired) electrons. The molecule has 0 saturated carbocycles. The number of benzene rings is 1. The molecule has 3 N–H and O–H groups in total. The second-order valence-corrected chi connectivity index (χ2v) is 4.10. The highest BCUT2D eigenvalue weighted by atomic mass is 16.4. The predicted molar refractivity (Wildman–Crippen MR) is 71.6 cm³/mol. The first-order chi connectivity index (χ1) is 9.56. The largest absolute Gasteiger partial charge is 0.505 e. The van der Waals surface area contributed by atoms with Crippen molar-refractivity contribution in [2.75, 3.05) is 5.32 Å². The van der Waals surface area contributed by atoms with Gasteiger partial charge in [0, 0.05) is 11.9 Å². The number of hydrogen-bond acceptors (Lipinski definition) is 4. The van der Waals surface area contributed by atoms with Crippen molar-refractivity contribution in [1.29, 1.82) is 0 Å². The monoisotopic (exact) mass is 272 g/mol. The molecule has 20 heavy (non-hydrogen) atoms. The molecule has 0 spiro atoms. The zero-order chi connectivity index (χ0) is 14.5. The summed E-state index contributed by atoms with van der Waals surface area (Å²) in [7, 11) is 0. The number of aromatic nitrogens is 1. The van der Waals surface area contributed by atoms with Crippen LogP contribution in [-0.2, 0) is 11.2 Å². The number of hydrogen-bond donors (Lipinski definition) is 3. The lowest BCUT2D eigenvalue weighted by molar-refractivity contribution is -0.136. The van der Waals surface area contributed by atoms with Crippen molar-refractivity contribution in [2.45, 2.75) is 6.42 Å². The molecule has 0 saturated heterocycles. The van der Waals surface area contributed by atoms with E-state index in [0.29, 0.717) is 11.3 Å². The maximum absolute atomic E-state index is 11.9. The first-order valence-electron chi connectivity index (χ1n) is 5.82. The van der Waals surface area contributed by atoms with Gasteiger partial charge in [0.2, 0.25) is 0 Å². The number of anilines is 1. The first kappa shape index (κ1) is 13.5. The van der Waals surface area contributed by atoms with Crippen molar-refractivity contribution < 1.29 is 19.8 Å². The van der Waals surface area contributed by atoms with Crippen molar-refractivity contribution in [3.05, 3.63) is 53.9 Å². The molecule has 0 aliphatic heterocycles. The summed E-state index contributed by atoms with van der Waals surface area (Å²) in [5, 5.41) is 20.8. The lowest BCUT2D eigenvalue weighted by atomic mass is 10.1. The third-order valence-corrected chi connectivity index (χ3v) is 2.54. The number of amides is 1. The number of rotatable bonds is 4. The Bertz CT molecular complexity index is 655. The smallest absolute Gasteiger partial charge is 0.307 e. The van der Waals surface area contributed by atoms with Crippen LogP contribution in [0.2, 0.25) is 0 Å². The van der Waals surface area contributed by atoms with E-state index in [0.717, 1.165) is 0 Å². The van der Waals surface area contributed by atoms with Crippen LogP contribution in [0.5, 0.6) is 5.75 Å². The van der Waals surface area contributed by atoms with Crippen LogP contribution in [0, 0.1) is 0 Å². The molecule has 0 unspecified atom stereocenters. The molecule has 0 aliphatic carbocycles. The normalized spacial score (nSPS) is 10.0. The molecule has 6 heteroatoms. The van der Waals surface area contributed by atoms with E-state index in [1.54, 1.807) is 24.3 Å². The molecule has 2 rings (SSSR count). The Labute approximate surface area is 114 Å². The van der Waals surface area contributed by atoms with Gasteiger partial charge >= 0.3 is 5.97 Å². The highest BCUT2D eigenvalue weighted by molar-refractivity contribution is 6.04. The molecular formula is C14H12N2O4. The Morgan fingerprint density at radius 1 is 1.20 bits per heavy atom. The minimum atomic E-state index is -0.948. The quantitative estimate of drug-likeness (QED) is 0.786. The molecule has 2 aromatic rings. The summed E-state index contributed by atoms with van der Waals surface area (Å²) in [5.41, 5.74) is 0.926. The fraction of sp³-hybridized carbons (Fsp3) is 0.0714. The third kappa shape index (κ3) is 3.32. The molecule has 1 aromatic carbocycles. The number of carboxylic acids is 1. The highest BCUT2D eigenvalue weighted by Crippen LogP contribution is 2.16. The van der Waals surface area contributed by atoms with Crippen molar-refractivity contribution in [2.24, 2.45) is 0 Å². The number of nitrogens with zero attached hydrogens (tertiary/aromatic N) is 1. The summed E-state index contributed by atoms with van der Waals surface area (Å²) in [5.74, 6) is -1.72. The highest BCUT2D eigenvalue weighted by Gasteiger charge is 2.12. The van der Waals surface area contributed by atoms with Gasteiger partial charge in [-0.1, -0.05) is 12.1 Å². The Morgan fingerprint density at radius 2 is 2.00 bits per heavy atom. The van der Waals surface area contributed by atoms with E-state index in [2.05, 4.69) is 10.3 Å². The number of carboxylic acid groups (broad SMARTS) is 1. The van der Waals surface area contributed by atoms with Crippen LogP contribution < -0.4 is 5.32 Å². The topological polar surface area (TPSA) is 99.5 Å². The molecule has 1 amide bonds. The molecule has 102 valence electrons. The first-order valence-corrected chi connectivity index (χ1v) is 5.82. The third-order valence-electron chi connectivity index (χ3n) is 2.54. The van der Waals surface area contributed by atoms with Crippen LogP contribution in [0.15, 0.2) is 42.6 Å². The van der Waals surface area contributed by atoms with E-state index in [-0.39, 0.29) is 17.9 Å². The summed E-state index contributed by atoms with van der Waals surface area (Å²) < 4.78 is 0. The van der Waals surface area contributed by atoms with Crippen LogP contribution in [0.4, 0.5) is 5.69 Å². The molecule has 0 fully saturated rings. The molecular weight excluding hydrogens is 260 g/mol. The van der Waals surface area contributed by atoms with E-state index in [4.69, 9.17) is 5.11 Å². The number of carbonyl (C=O) groups excluding carboxylic acids is 1. The predicted octanol–water partition coefficient (Wildman–Crippen LogP) is 1.67. The van der Waals surface area contributed by atoms with E-state index in [9.17, 15) is 14.7 Å². The van der Waals surface area contributed by atoms with Crippen LogP contribution in [0.3, 0.4) is 0 Å². The van der Waals surface area contributed by atoms with Gasteiger partial charge in [-0.05, 0) is 29.8 Å². The summed E-state index contributed by atoms with van der Waals surface area (Å²) in [6, 6.07) is 9.37. The fourth-order valence-electron chi connectivity index (χ4n) is 1.70. The Morgan fingerprint density at radius 3 is 2.70 bits per heavy atom. The van der Waals surface area contributed by atoms with Gasteiger partial charge in [-0.15, -0.1) is 0 Å². The zero-order valence-electron chi connectivity index (χ0n) is 10.4. The summed E-state index contributed by atoms with van der Waals surface area (Å²) in [4.78, 5) is 26.3. The zero-order valence-corrected chi connectivity index (χ0v) is 10.4. The van der Waals surface area contributed by atoms with Gasteiger partial charge in [0.1, 0.15) is 5.75 Å². The van der Waals surface area contributed by atoms with E-state index in [1.165, 1.54) is 18.3 Å². The molecule has 0 bridgehead atoms. The summed E-state index contributed by atoms with van der Waals surface area (Å²) >= 11 is 0. The van der Waals surface area contributed by atoms with E-state index in [1.807, 2.05) is 0 Å². The molecule has 0 atom stereocenters. The number of aliphatic carboxylic acids is 1. The standard InChI is InChI=1S/C14H12N2O4/c17-11-5-2-6-15-13(11)14(20)16-10-4-1-3-9(7-10)8-12(18)19/h1-7,17H,8H2,(H,16,20)(H,18,19). The lowest BCUT2D eigenvalue weighted by Crippen LogP contribution is -2.14. The SMILES string of the molecule is O=C(O)Cc1cccc(NC(=O)c2ncccc2O)c1. The maximum atomic E-state index is 11.9. The van der Waals surface area contributed by atoms with Gasteiger partial charge in [0.15, 0.2) is 5.69 Å². The average Bonchev–Trinajstić information content (AvgIpc) is 2.38. The second kappa shape index (κ2) is 5.83. The Hall–Kier alpha value is -2.89. The van der Waals surface area contributed by atoms with Crippen molar-refractivity contribution in [1.82, 2.24) is 4.98 Å². The van der Waals surface area contributed by atoms with Crippen molar-refractivity contribution in [3.63, 3.8) is 0 Å². The average molecular weight is 272 g/mol.